The molecule has 0 saturated carbocycles. The predicted molar refractivity (Wildman–Crippen MR) is 76.0 cm³/mol. The van der Waals surface area contributed by atoms with Crippen LogP contribution in [-0.4, -0.2) is 42.5 Å². The molecule has 22 heavy (non-hydrogen) atoms. The van der Waals surface area contributed by atoms with Crippen molar-refractivity contribution in [3.05, 3.63) is 30.2 Å². The number of aromatic carboxylic acids is 1. The number of rotatable bonds is 3. The molecule has 9 heteroatoms. The maximum Gasteiger partial charge on any atom is 0.413 e. The molecule has 2 N–H and O–H groups in total. The number of hydrogen-bond acceptors (Lipinski definition) is 6. The third-order valence-corrected chi connectivity index (χ3v) is 2.36. The molecule has 9 nitrogen and oxygen atoms in total. The lowest BCUT2D eigenvalue weighted by Crippen LogP contribution is -2.28. The zero-order chi connectivity index (χ0) is 16.3. The summed E-state index contributed by atoms with van der Waals surface area (Å²) in [4.78, 5) is 31.1. The molecule has 2 aromatic heterocycles. The van der Waals surface area contributed by atoms with Crippen LogP contribution in [0, 0.1) is 0 Å². The second-order valence-corrected chi connectivity index (χ2v) is 5.30. The first kappa shape index (κ1) is 15.4. The lowest BCUT2D eigenvalue weighted by atomic mass is 10.2. The molecular formula is C13H15N5O4. The molecular weight excluding hydrogens is 290 g/mol. The van der Waals surface area contributed by atoms with Gasteiger partial charge in [0, 0.05) is 12.4 Å². The van der Waals surface area contributed by atoms with Crippen LogP contribution in [-0.2, 0) is 4.74 Å². The summed E-state index contributed by atoms with van der Waals surface area (Å²) < 4.78 is 6.23. The summed E-state index contributed by atoms with van der Waals surface area (Å²) >= 11 is 0. The van der Waals surface area contributed by atoms with Crippen molar-refractivity contribution < 1.29 is 19.4 Å². The van der Waals surface area contributed by atoms with Gasteiger partial charge in [0.1, 0.15) is 11.2 Å². The van der Waals surface area contributed by atoms with Gasteiger partial charge in [0.15, 0.2) is 5.82 Å². The van der Waals surface area contributed by atoms with Crippen LogP contribution in [0.2, 0.25) is 0 Å². The minimum Gasteiger partial charge on any atom is -0.477 e. The van der Waals surface area contributed by atoms with Crippen molar-refractivity contribution in [1.29, 1.82) is 0 Å². The highest BCUT2D eigenvalue weighted by atomic mass is 16.6. The Morgan fingerprint density at radius 1 is 1.27 bits per heavy atom. The van der Waals surface area contributed by atoms with Gasteiger partial charge >= 0.3 is 12.1 Å². The fraction of sp³-hybridized carbons (Fsp3) is 0.308. The average molecular weight is 305 g/mol. The highest BCUT2D eigenvalue weighted by molar-refractivity contribution is 5.97. The predicted octanol–water partition coefficient (Wildman–Crippen LogP) is 1.71. The van der Waals surface area contributed by atoms with E-state index in [1.54, 1.807) is 26.8 Å². The Labute approximate surface area is 126 Å². The van der Waals surface area contributed by atoms with Gasteiger partial charge < -0.3 is 9.84 Å². The number of carboxylic acids is 1. The molecule has 0 unspecified atom stereocenters. The molecule has 2 rings (SSSR count). The fourth-order valence-corrected chi connectivity index (χ4v) is 1.58. The zero-order valence-corrected chi connectivity index (χ0v) is 12.3. The highest BCUT2D eigenvalue weighted by Gasteiger charge is 2.23. The molecule has 0 aliphatic rings. The van der Waals surface area contributed by atoms with Gasteiger partial charge in [-0.3, -0.25) is 5.32 Å². The molecule has 0 bridgehead atoms. The standard InChI is InChI=1S/C13H15N5O4/c1-13(2,3)22-12(21)17-9-8(10(19)20)7-16-18(9)11-14-5-4-6-15-11/h4-7H,1-3H3,(H,17,21)(H,19,20). The van der Waals surface area contributed by atoms with Crippen LogP contribution in [0.3, 0.4) is 0 Å². The number of carbonyl (C=O) groups is 2. The molecule has 0 fully saturated rings. The first-order chi connectivity index (χ1) is 10.3. The van der Waals surface area contributed by atoms with Gasteiger partial charge in [-0.2, -0.15) is 9.78 Å². The largest absolute Gasteiger partial charge is 0.477 e. The molecule has 0 aliphatic heterocycles. The Kier molecular flexibility index (Phi) is 4.06. The summed E-state index contributed by atoms with van der Waals surface area (Å²) in [6.45, 7) is 5.09. The first-order valence-electron chi connectivity index (χ1n) is 6.36. The van der Waals surface area contributed by atoms with E-state index in [1.807, 2.05) is 0 Å². The van der Waals surface area contributed by atoms with Gasteiger partial charge in [-0.05, 0) is 26.8 Å². The van der Waals surface area contributed by atoms with E-state index in [-0.39, 0.29) is 17.3 Å². The molecule has 0 atom stereocenters. The van der Waals surface area contributed by atoms with Gasteiger partial charge in [0.25, 0.3) is 5.95 Å². The number of nitrogens with one attached hydrogen (secondary N) is 1. The molecule has 2 heterocycles. The number of carboxylic acid groups (broad SMARTS) is 1. The quantitative estimate of drug-likeness (QED) is 0.885. The number of amides is 1. The van der Waals surface area contributed by atoms with Crippen LogP contribution in [0.1, 0.15) is 31.1 Å². The lowest BCUT2D eigenvalue weighted by molar-refractivity contribution is 0.0635. The lowest BCUT2D eigenvalue weighted by Gasteiger charge is -2.19. The number of hydrogen-bond donors (Lipinski definition) is 2. The third kappa shape index (κ3) is 3.57. The van der Waals surface area contributed by atoms with E-state index in [4.69, 9.17) is 4.74 Å². The fourth-order valence-electron chi connectivity index (χ4n) is 1.58. The molecule has 1 amide bonds. The number of aromatic nitrogens is 4. The average Bonchev–Trinajstić information content (AvgIpc) is 2.81. The van der Waals surface area contributed by atoms with Crippen LogP contribution in [0.4, 0.5) is 10.6 Å². The molecule has 0 radical (unpaired) electrons. The third-order valence-electron chi connectivity index (χ3n) is 2.36. The second kappa shape index (κ2) is 5.80. The van der Waals surface area contributed by atoms with Crippen molar-refractivity contribution in [3.8, 4) is 5.95 Å². The van der Waals surface area contributed by atoms with Crippen LogP contribution >= 0.6 is 0 Å². The van der Waals surface area contributed by atoms with E-state index < -0.39 is 17.7 Å². The summed E-state index contributed by atoms with van der Waals surface area (Å²) in [6.07, 6.45) is 3.25. The van der Waals surface area contributed by atoms with Gasteiger partial charge in [-0.15, -0.1) is 0 Å². The molecule has 116 valence electrons. The topological polar surface area (TPSA) is 119 Å². The smallest absolute Gasteiger partial charge is 0.413 e. The Morgan fingerprint density at radius 3 is 2.45 bits per heavy atom. The van der Waals surface area contributed by atoms with Crippen molar-refractivity contribution >= 4 is 17.9 Å². The molecule has 0 spiro atoms. The maximum absolute atomic E-state index is 11.9. The van der Waals surface area contributed by atoms with Crippen molar-refractivity contribution in [2.24, 2.45) is 0 Å². The number of ether oxygens (including phenoxy) is 1. The van der Waals surface area contributed by atoms with Crippen LogP contribution < -0.4 is 5.32 Å². The Bertz CT molecular complexity index is 690. The maximum atomic E-state index is 11.9. The van der Waals surface area contributed by atoms with Crippen LogP contribution in [0.5, 0.6) is 0 Å². The van der Waals surface area contributed by atoms with Gasteiger partial charge in [-0.25, -0.2) is 19.6 Å². The monoisotopic (exact) mass is 305 g/mol. The summed E-state index contributed by atoms with van der Waals surface area (Å²) in [7, 11) is 0. The summed E-state index contributed by atoms with van der Waals surface area (Å²) in [5.74, 6) is -1.19. The Balaban J connectivity index is 2.38. The van der Waals surface area contributed by atoms with Crippen molar-refractivity contribution in [2.75, 3.05) is 5.32 Å². The van der Waals surface area contributed by atoms with Gasteiger partial charge in [0.05, 0.1) is 6.20 Å². The van der Waals surface area contributed by atoms with Crippen molar-refractivity contribution in [3.63, 3.8) is 0 Å². The van der Waals surface area contributed by atoms with E-state index in [0.717, 1.165) is 10.9 Å². The first-order valence-corrected chi connectivity index (χ1v) is 6.36. The molecule has 0 saturated heterocycles. The number of carbonyl (C=O) groups excluding carboxylic acids is 1. The molecule has 0 aliphatic carbocycles. The SMILES string of the molecule is CC(C)(C)OC(=O)Nc1c(C(=O)O)cnn1-c1ncccn1. The Morgan fingerprint density at radius 2 is 1.91 bits per heavy atom. The second-order valence-electron chi connectivity index (χ2n) is 5.30. The number of anilines is 1. The van der Waals surface area contributed by atoms with E-state index in [0.29, 0.717) is 0 Å². The molecule has 0 aromatic carbocycles. The zero-order valence-electron chi connectivity index (χ0n) is 12.3. The van der Waals surface area contributed by atoms with E-state index >= 15 is 0 Å². The van der Waals surface area contributed by atoms with Gasteiger partial charge in [0.2, 0.25) is 0 Å². The summed E-state index contributed by atoms with van der Waals surface area (Å²) in [6, 6.07) is 1.60. The highest BCUT2D eigenvalue weighted by Crippen LogP contribution is 2.19. The van der Waals surface area contributed by atoms with Crippen LogP contribution in [0.15, 0.2) is 24.7 Å². The van der Waals surface area contributed by atoms with Crippen LogP contribution in [0.25, 0.3) is 5.95 Å². The van der Waals surface area contributed by atoms with Crippen molar-refractivity contribution in [1.82, 2.24) is 19.7 Å². The van der Waals surface area contributed by atoms with E-state index in [9.17, 15) is 14.7 Å². The minimum absolute atomic E-state index is 0.0760. The summed E-state index contributed by atoms with van der Waals surface area (Å²) in [5, 5.41) is 15.5. The normalized spacial score (nSPS) is 11.0. The van der Waals surface area contributed by atoms with Gasteiger partial charge in [-0.1, -0.05) is 0 Å². The van der Waals surface area contributed by atoms with E-state index in [1.165, 1.54) is 12.4 Å². The molecule has 2 aromatic rings. The number of nitrogens with zero attached hydrogens (tertiary/aromatic N) is 4. The van der Waals surface area contributed by atoms with Crippen molar-refractivity contribution in [2.45, 2.75) is 26.4 Å². The summed E-state index contributed by atoms with van der Waals surface area (Å²) in [5.41, 5.74) is -0.917. The van der Waals surface area contributed by atoms with E-state index in [2.05, 4.69) is 20.4 Å². The minimum atomic E-state index is -1.24. The Hall–Kier alpha value is -2.97.